The molecule has 34 heavy (non-hydrogen) atoms. The average molecular weight is 507 g/mol. The van der Waals surface area contributed by atoms with E-state index in [0.717, 1.165) is 6.07 Å². The largest absolute Gasteiger partial charge is 0.416 e. The van der Waals surface area contributed by atoms with Crippen LogP contribution < -0.4 is 10.2 Å². The molecular formula is C21H19F6N3O3S. The number of nitrogens with one attached hydrogen (secondary N) is 1. The molecule has 0 atom stereocenters. The highest BCUT2D eigenvalue weighted by atomic mass is 32.2. The van der Waals surface area contributed by atoms with Crippen molar-refractivity contribution >= 4 is 33.1 Å². The summed E-state index contributed by atoms with van der Waals surface area (Å²) in [5.74, 6) is -0.736. The topological polar surface area (TPSA) is 78.8 Å². The molecule has 0 radical (unpaired) electrons. The number of carbonyl (C=O) groups is 1. The molecular weight excluding hydrogens is 488 g/mol. The van der Waals surface area contributed by atoms with E-state index in [1.807, 2.05) is 19.2 Å². The molecule has 2 aromatic carbocycles. The Morgan fingerprint density at radius 1 is 1.00 bits per heavy atom. The number of halogens is 6. The summed E-state index contributed by atoms with van der Waals surface area (Å²) in [4.78, 5) is 14.0. The molecule has 1 heterocycles. The first kappa shape index (κ1) is 25.5. The molecule has 184 valence electrons. The van der Waals surface area contributed by atoms with E-state index in [9.17, 15) is 39.6 Å². The van der Waals surface area contributed by atoms with Gasteiger partial charge in [0.1, 0.15) is 10.7 Å². The van der Waals surface area contributed by atoms with E-state index in [1.54, 1.807) is 4.90 Å². The second kappa shape index (κ2) is 8.60. The van der Waals surface area contributed by atoms with Crippen LogP contribution in [-0.4, -0.2) is 26.7 Å². The summed E-state index contributed by atoms with van der Waals surface area (Å²) >= 11 is 0. The quantitative estimate of drug-likeness (QED) is 0.550. The highest BCUT2D eigenvalue weighted by Crippen LogP contribution is 2.38. The van der Waals surface area contributed by atoms with Crippen LogP contribution in [0.15, 0.2) is 45.7 Å². The molecule has 0 aromatic heterocycles. The van der Waals surface area contributed by atoms with Crippen LogP contribution in [0.1, 0.15) is 42.3 Å². The van der Waals surface area contributed by atoms with E-state index in [2.05, 4.69) is 4.40 Å². The van der Waals surface area contributed by atoms with Crippen molar-refractivity contribution in [1.29, 1.82) is 0 Å². The molecule has 0 saturated heterocycles. The van der Waals surface area contributed by atoms with Crippen LogP contribution >= 0.6 is 0 Å². The van der Waals surface area contributed by atoms with Gasteiger partial charge in [0.05, 0.1) is 16.8 Å². The van der Waals surface area contributed by atoms with Gasteiger partial charge in [0.15, 0.2) is 0 Å². The van der Waals surface area contributed by atoms with Crippen LogP contribution in [0.3, 0.4) is 0 Å². The molecule has 3 rings (SSSR count). The van der Waals surface area contributed by atoms with E-state index < -0.39 is 45.1 Å². The number of hydrogen-bond acceptors (Lipinski definition) is 4. The van der Waals surface area contributed by atoms with Crippen molar-refractivity contribution in [3.63, 3.8) is 0 Å². The third-order valence-corrected chi connectivity index (χ3v) is 6.21. The van der Waals surface area contributed by atoms with E-state index >= 15 is 0 Å². The Hall–Kier alpha value is -3.09. The first-order valence-corrected chi connectivity index (χ1v) is 11.3. The third-order valence-electron chi connectivity index (χ3n) is 4.83. The first-order valence-electron chi connectivity index (χ1n) is 9.83. The molecule has 2 aromatic rings. The summed E-state index contributed by atoms with van der Waals surface area (Å²) in [5, 5.41) is 1.99. The Morgan fingerprint density at radius 2 is 1.56 bits per heavy atom. The van der Waals surface area contributed by atoms with Gasteiger partial charge in [-0.3, -0.25) is 4.79 Å². The molecule has 1 aliphatic heterocycles. The maximum atomic E-state index is 13.1. The van der Waals surface area contributed by atoms with Crippen LogP contribution in [0.25, 0.3) is 0 Å². The zero-order valence-electron chi connectivity index (χ0n) is 18.0. The number of hydrogen-bond donors (Lipinski definition) is 1. The third kappa shape index (κ3) is 5.34. The molecule has 1 N–H and O–H groups in total. The van der Waals surface area contributed by atoms with Gasteiger partial charge in [-0.15, -0.1) is 4.40 Å². The minimum atomic E-state index is -5.09. The molecule has 0 bridgehead atoms. The molecule has 0 spiro atoms. The number of anilines is 2. The standard InChI is InChI=1S/C21H19F6N3O3S/c1-11(2)10-30-12(3)29-34(32,33)18-6-13(4-5-17(18)30)19(31)28-16-8-14(20(22,23)24)7-15(9-16)21(25,26)27/h4-9,11H,10H2,1-3H3,(H,28,31). The Morgan fingerprint density at radius 3 is 2.06 bits per heavy atom. The molecule has 0 unspecified atom stereocenters. The summed E-state index contributed by atoms with van der Waals surface area (Å²) in [7, 11) is -4.17. The second-order valence-corrected chi connectivity index (χ2v) is 9.62. The van der Waals surface area contributed by atoms with E-state index in [-0.39, 0.29) is 34.0 Å². The first-order chi connectivity index (χ1) is 15.5. The van der Waals surface area contributed by atoms with E-state index in [1.165, 1.54) is 19.1 Å². The average Bonchev–Trinajstić information content (AvgIpc) is 2.68. The Kier molecular flexibility index (Phi) is 6.46. The van der Waals surface area contributed by atoms with Crippen LogP contribution in [0.2, 0.25) is 0 Å². The summed E-state index contributed by atoms with van der Waals surface area (Å²) in [6.45, 7) is 5.74. The van der Waals surface area contributed by atoms with Crippen molar-refractivity contribution in [2.45, 2.75) is 38.0 Å². The van der Waals surface area contributed by atoms with Crippen LogP contribution in [0.4, 0.5) is 37.7 Å². The van der Waals surface area contributed by atoms with Crippen molar-refractivity contribution in [2.75, 3.05) is 16.8 Å². The number of benzene rings is 2. The summed E-state index contributed by atoms with van der Waals surface area (Å²) in [6.07, 6.45) is -10.2. The Labute approximate surface area is 191 Å². The summed E-state index contributed by atoms with van der Waals surface area (Å²) in [5.41, 5.74) is -3.97. The molecule has 13 heteroatoms. The zero-order valence-corrected chi connectivity index (χ0v) is 18.9. The number of amides is 1. The molecule has 0 aliphatic carbocycles. The maximum absolute atomic E-state index is 13.1. The van der Waals surface area contributed by atoms with Gasteiger partial charge in [0.2, 0.25) is 0 Å². The van der Waals surface area contributed by atoms with Gasteiger partial charge in [0, 0.05) is 17.8 Å². The predicted octanol–water partition coefficient (Wildman–Crippen LogP) is 5.56. The fourth-order valence-corrected chi connectivity index (χ4v) is 4.62. The molecule has 1 amide bonds. The van der Waals surface area contributed by atoms with Gasteiger partial charge in [-0.1, -0.05) is 13.8 Å². The lowest BCUT2D eigenvalue weighted by atomic mass is 10.1. The van der Waals surface area contributed by atoms with Gasteiger partial charge in [-0.05, 0) is 49.2 Å². The fourth-order valence-electron chi connectivity index (χ4n) is 3.36. The van der Waals surface area contributed by atoms with E-state index in [0.29, 0.717) is 18.7 Å². The van der Waals surface area contributed by atoms with Crippen molar-refractivity contribution < 1.29 is 39.6 Å². The Bertz CT molecular complexity index is 1240. The summed E-state index contributed by atoms with van der Waals surface area (Å²) < 4.78 is 107. The van der Waals surface area contributed by atoms with Crippen molar-refractivity contribution in [3.05, 3.63) is 53.1 Å². The smallest absolute Gasteiger partial charge is 0.328 e. The number of rotatable bonds is 4. The summed E-state index contributed by atoms with van der Waals surface area (Å²) in [6, 6.07) is 4.22. The lowest BCUT2D eigenvalue weighted by Gasteiger charge is -2.30. The molecule has 0 fully saturated rings. The molecule has 0 saturated carbocycles. The minimum Gasteiger partial charge on any atom is -0.328 e. The second-order valence-electron chi connectivity index (χ2n) is 8.05. The number of fused-ring (bicyclic) bond motifs is 1. The van der Waals surface area contributed by atoms with Crippen molar-refractivity contribution in [1.82, 2.24) is 0 Å². The SMILES string of the molecule is CC1=NS(=O)(=O)c2cc(C(=O)Nc3cc(C(F)(F)F)cc(C(F)(F)F)c3)ccc2N1CC(C)C. The lowest BCUT2D eigenvalue weighted by molar-refractivity contribution is -0.143. The maximum Gasteiger partial charge on any atom is 0.416 e. The predicted molar refractivity (Wildman–Crippen MR) is 113 cm³/mol. The fraction of sp³-hybridized carbons (Fsp3) is 0.333. The number of amidine groups is 1. The monoisotopic (exact) mass is 507 g/mol. The van der Waals surface area contributed by atoms with Gasteiger partial charge in [-0.25, -0.2) is 0 Å². The van der Waals surface area contributed by atoms with Crippen LogP contribution in [0, 0.1) is 5.92 Å². The van der Waals surface area contributed by atoms with E-state index in [4.69, 9.17) is 0 Å². The van der Waals surface area contributed by atoms with Crippen molar-refractivity contribution in [2.24, 2.45) is 10.3 Å². The number of nitrogens with zero attached hydrogens (tertiary/aromatic N) is 2. The highest BCUT2D eigenvalue weighted by molar-refractivity contribution is 7.90. The lowest BCUT2D eigenvalue weighted by Crippen LogP contribution is -2.36. The number of sulfonamides is 1. The number of carbonyl (C=O) groups excluding carboxylic acids is 1. The zero-order chi connectivity index (χ0) is 25.6. The normalized spacial score (nSPS) is 15.7. The van der Waals surface area contributed by atoms with Crippen molar-refractivity contribution in [3.8, 4) is 0 Å². The minimum absolute atomic E-state index is 0.0647. The Balaban J connectivity index is 2.01. The highest BCUT2D eigenvalue weighted by Gasteiger charge is 2.37. The van der Waals surface area contributed by atoms with Gasteiger partial charge in [-0.2, -0.15) is 34.8 Å². The van der Waals surface area contributed by atoms with Gasteiger partial charge >= 0.3 is 12.4 Å². The van der Waals surface area contributed by atoms with Crippen LogP contribution in [-0.2, 0) is 22.4 Å². The molecule has 6 nitrogen and oxygen atoms in total. The molecule has 1 aliphatic rings. The number of alkyl halides is 6. The van der Waals surface area contributed by atoms with Crippen LogP contribution in [0.5, 0.6) is 0 Å². The van der Waals surface area contributed by atoms with Gasteiger partial charge in [0.25, 0.3) is 15.9 Å². The van der Waals surface area contributed by atoms with Gasteiger partial charge < -0.3 is 10.2 Å².